The summed E-state index contributed by atoms with van der Waals surface area (Å²) in [5.41, 5.74) is 1.88. The third kappa shape index (κ3) is 4.20. The molecule has 2 aromatic carbocycles. The van der Waals surface area contributed by atoms with Gasteiger partial charge in [0.05, 0.1) is 12.3 Å². The molecule has 1 aromatic heterocycles. The van der Waals surface area contributed by atoms with Gasteiger partial charge in [0, 0.05) is 16.6 Å². The molecule has 2 heterocycles. The molecule has 0 radical (unpaired) electrons. The number of thiazole rings is 1. The molecule has 4 rings (SSSR count). The Morgan fingerprint density at radius 1 is 1.14 bits per heavy atom. The molecular weight excluding hydrogens is 413 g/mol. The zero-order valence-electron chi connectivity index (χ0n) is 14.9. The van der Waals surface area contributed by atoms with Crippen molar-refractivity contribution in [3.63, 3.8) is 0 Å². The Bertz CT molecular complexity index is 1080. The predicted octanol–water partition coefficient (Wildman–Crippen LogP) is 4.40. The van der Waals surface area contributed by atoms with Gasteiger partial charge in [0.15, 0.2) is 0 Å². The van der Waals surface area contributed by atoms with Crippen LogP contribution in [0.15, 0.2) is 53.9 Å². The Kier molecular flexibility index (Phi) is 5.41. The first-order valence-electron chi connectivity index (χ1n) is 8.59. The van der Waals surface area contributed by atoms with Crippen molar-refractivity contribution in [2.45, 2.75) is 6.54 Å². The number of rotatable bonds is 5. The van der Waals surface area contributed by atoms with E-state index < -0.39 is 11.7 Å². The Balaban J connectivity index is 1.42. The fourth-order valence-electron chi connectivity index (χ4n) is 2.74. The molecule has 3 aromatic rings. The number of anilines is 1. The van der Waals surface area contributed by atoms with Crippen LogP contribution in [0.5, 0.6) is 0 Å². The van der Waals surface area contributed by atoms with E-state index in [9.17, 15) is 18.8 Å². The Morgan fingerprint density at radius 3 is 2.59 bits per heavy atom. The molecule has 0 atom stereocenters. The third-order valence-electron chi connectivity index (χ3n) is 4.23. The van der Waals surface area contributed by atoms with Gasteiger partial charge in [-0.1, -0.05) is 36.0 Å². The van der Waals surface area contributed by atoms with Crippen LogP contribution in [0.4, 0.5) is 14.9 Å². The van der Waals surface area contributed by atoms with Gasteiger partial charge in [-0.25, -0.2) is 9.37 Å². The number of amides is 3. The summed E-state index contributed by atoms with van der Waals surface area (Å²) in [6.07, 6.45) is 0. The van der Waals surface area contributed by atoms with Gasteiger partial charge in [0.25, 0.3) is 11.1 Å². The summed E-state index contributed by atoms with van der Waals surface area (Å²) in [4.78, 5) is 41.2. The van der Waals surface area contributed by atoms with Crippen molar-refractivity contribution in [1.82, 2.24) is 9.88 Å². The van der Waals surface area contributed by atoms with Gasteiger partial charge in [0.2, 0.25) is 5.91 Å². The van der Waals surface area contributed by atoms with E-state index in [2.05, 4.69) is 10.3 Å². The van der Waals surface area contributed by atoms with Crippen molar-refractivity contribution in [1.29, 1.82) is 0 Å². The van der Waals surface area contributed by atoms with Gasteiger partial charge >= 0.3 is 0 Å². The quantitative estimate of drug-likeness (QED) is 0.653. The third-order valence-corrected chi connectivity index (χ3v) is 5.97. The highest BCUT2D eigenvalue weighted by Crippen LogP contribution is 2.26. The number of carbonyl (C=O) groups excluding carboxylic acids is 3. The average molecular weight is 427 g/mol. The molecule has 0 spiro atoms. The molecule has 0 saturated carbocycles. The summed E-state index contributed by atoms with van der Waals surface area (Å²) in [7, 11) is 0. The second-order valence-electron chi connectivity index (χ2n) is 6.20. The maximum atomic E-state index is 13.9. The van der Waals surface area contributed by atoms with Crippen molar-refractivity contribution in [2.75, 3.05) is 11.1 Å². The molecular formula is C20H14FN3O3S2. The summed E-state index contributed by atoms with van der Waals surface area (Å²) in [6, 6.07) is 13.1. The minimum atomic E-state index is -0.405. The number of nitrogens with zero attached hydrogens (tertiary/aromatic N) is 2. The largest absolute Gasteiger partial charge is 0.321 e. The molecule has 0 aliphatic carbocycles. The van der Waals surface area contributed by atoms with Crippen LogP contribution in [0.1, 0.15) is 16.1 Å². The number of hydrogen-bond donors (Lipinski definition) is 1. The van der Waals surface area contributed by atoms with Crippen molar-refractivity contribution < 1.29 is 18.8 Å². The summed E-state index contributed by atoms with van der Waals surface area (Å²) in [5.74, 6) is -0.822. The highest BCUT2D eigenvalue weighted by Gasteiger charge is 2.29. The zero-order valence-corrected chi connectivity index (χ0v) is 16.6. The second-order valence-corrected chi connectivity index (χ2v) is 7.99. The minimum absolute atomic E-state index is 0.176. The first kappa shape index (κ1) is 19.3. The normalized spacial score (nSPS) is 13.8. The average Bonchev–Trinajstić information content (AvgIpc) is 3.32. The number of carbonyl (C=O) groups is 3. The highest BCUT2D eigenvalue weighted by molar-refractivity contribution is 8.14. The van der Waals surface area contributed by atoms with Crippen molar-refractivity contribution in [3.8, 4) is 10.6 Å². The molecule has 1 aliphatic heterocycles. The van der Waals surface area contributed by atoms with E-state index in [1.165, 1.54) is 22.3 Å². The lowest BCUT2D eigenvalue weighted by molar-refractivity contribution is -0.125. The maximum absolute atomic E-state index is 13.9. The molecule has 3 amide bonds. The lowest BCUT2D eigenvalue weighted by atomic mass is 10.2. The molecule has 0 bridgehead atoms. The maximum Gasteiger partial charge on any atom is 0.289 e. The Morgan fingerprint density at radius 2 is 1.90 bits per heavy atom. The first-order valence-corrected chi connectivity index (χ1v) is 10.5. The highest BCUT2D eigenvalue weighted by atomic mass is 32.2. The van der Waals surface area contributed by atoms with Crippen LogP contribution in [0.3, 0.4) is 0 Å². The van der Waals surface area contributed by atoms with Gasteiger partial charge in [-0.15, -0.1) is 11.3 Å². The predicted molar refractivity (Wildman–Crippen MR) is 110 cm³/mol. The fraction of sp³-hybridized carbons (Fsp3) is 0.100. The van der Waals surface area contributed by atoms with E-state index in [1.54, 1.807) is 47.8 Å². The lowest BCUT2D eigenvalue weighted by Gasteiger charge is -2.13. The minimum Gasteiger partial charge on any atom is -0.321 e. The van der Waals surface area contributed by atoms with Crippen LogP contribution in [-0.2, 0) is 11.3 Å². The zero-order chi connectivity index (χ0) is 20.4. The molecule has 1 saturated heterocycles. The van der Waals surface area contributed by atoms with E-state index in [4.69, 9.17) is 0 Å². The molecule has 1 fully saturated rings. The van der Waals surface area contributed by atoms with E-state index in [0.717, 1.165) is 17.3 Å². The van der Waals surface area contributed by atoms with Crippen LogP contribution in [0.2, 0.25) is 0 Å². The number of nitrogens with one attached hydrogen (secondary N) is 1. The molecule has 9 heteroatoms. The van der Waals surface area contributed by atoms with Gasteiger partial charge < -0.3 is 5.32 Å². The van der Waals surface area contributed by atoms with Crippen molar-refractivity contribution in [3.05, 3.63) is 71.0 Å². The molecule has 146 valence electrons. The van der Waals surface area contributed by atoms with Gasteiger partial charge in [-0.2, -0.15) is 0 Å². The fourth-order valence-corrected chi connectivity index (χ4v) is 4.29. The smallest absolute Gasteiger partial charge is 0.289 e. The number of hydrogen-bond acceptors (Lipinski definition) is 6. The van der Waals surface area contributed by atoms with Crippen LogP contribution in [0.25, 0.3) is 10.6 Å². The van der Waals surface area contributed by atoms with Crippen LogP contribution >= 0.6 is 23.1 Å². The lowest BCUT2D eigenvalue weighted by Crippen LogP contribution is -2.27. The molecule has 29 heavy (non-hydrogen) atoms. The number of thioether (sulfide) groups is 1. The summed E-state index contributed by atoms with van der Waals surface area (Å²) in [6.45, 7) is 0.205. The van der Waals surface area contributed by atoms with Crippen LogP contribution in [-0.4, -0.2) is 32.7 Å². The van der Waals surface area contributed by atoms with E-state index >= 15 is 0 Å². The standard InChI is InChI=1S/C20H14FN3O3S2/c21-15-4-2-1-3-14(15)19-23-16(10-28-19)18(26)22-13-7-5-12(6-8-13)9-24-17(25)11-29-20(24)27/h1-8,10H,9,11H2,(H,22,26). The van der Waals surface area contributed by atoms with Gasteiger partial charge in [-0.3, -0.25) is 19.3 Å². The number of halogens is 1. The van der Waals surface area contributed by atoms with Gasteiger partial charge in [-0.05, 0) is 29.8 Å². The molecule has 6 nitrogen and oxygen atoms in total. The Hall–Kier alpha value is -3.04. The van der Waals surface area contributed by atoms with E-state index in [1.807, 2.05) is 0 Å². The van der Waals surface area contributed by atoms with Gasteiger partial charge in [0.1, 0.15) is 16.5 Å². The number of imide groups is 1. The summed E-state index contributed by atoms with van der Waals surface area (Å²) in [5, 5.41) is 4.50. The summed E-state index contributed by atoms with van der Waals surface area (Å²) >= 11 is 2.19. The topological polar surface area (TPSA) is 79.4 Å². The first-order chi connectivity index (χ1) is 14.0. The monoisotopic (exact) mass is 427 g/mol. The van der Waals surface area contributed by atoms with E-state index in [0.29, 0.717) is 16.3 Å². The number of aromatic nitrogens is 1. The van der Waals surface area contributed by atoms with E-state index in [-0.39, 0.29) is 29.1 Å². The molecule has 1 N–H and O–H groups in total. The molecule has 0 unspecified atom stereocenters. The van der Waals surface area contributed by atoms with Crippen molar-refractivity contribution in [2.24, 2.45) is 0 Å². The number of benzene rings is 2. The molecule has 1 aliphatic rings. The van der Waals surface area contributed by atoms with Crippen LogP contribution < -0.4 is 5.32 Å². The SMILES string of the molecule is O=C(Nc1ccc(CN2C(=O)CSC2=O)cc1)c1csc(-c2ccccc2F)n1. The Labute approximate surface area is 173 Å². The van der Waals surface area contributed by atoms with Crippen LogP contribution in [0, 0.1) is 5.82 Å². The summed E-state index contributed by atoms with van der Waals surface area (Å²) < 4.78 is 13.9. The second kappa shape index (κ2) is 8.14. The van der Waals surface area contributed by atoms with Crippen molar-refractivity contribution >= 4 is 45.8 Å².